The molecule has 0 N–H and O–H groups in total. The third kappa shape index (κ3) is 9.44. The number of hydrogen-bond donors (Lipinski definition) is 0. The molecule has 6 aromatic carbocycles. The topological polar surface area (TPSA) is 94.1 Å². The van der Waals surface area contributed by atoms with Gasteiger partial charge in [0.2, 0.25) is 40.2 Å². The van der Waals surface area contributed by atoms with Crippen LogP contribution in [0.5, 0.6) is 40.2 Å². The van der Waals surface area contributed by atoms with Gasteiger partial charge in [0.05, 0.1) is 18.2 Å². The minimum atomic E-state index is -6.10. The fourth-order valence-electron chi connectivity index (χ4n) is 6.52. The molecule has 0 amide bonds. The molecule has 0 aliphatic carbocycles. The molecule has 6 aromatic rings. The maximum atomic E-state index is 15.5. The summed E-state index contributed by atoms with van der Waals surface area (Å²) in [5.41, 5.74) is -11.6. The van der Waals surface area contributed by atoms with Crippen molar-refractivity contribution in [3.05, 3.63) is 154 Å². The maximum Gasteiger partial charge on any atom is 1.00 e. The number of alkyl halides is 6. The van der Waals surface area contributed by atoms with E-state index in [1.165, 1.54) is 12.1 Å². The Morgan fingerprint density at radius 2 is 0.970 bits per heavy atom. The van der Waals surface area contributed by atoms with Gasteiger partial charge in [-0.05, 0) is 78.2 Å². The van der Waals surface area contributed by atoms with Gasteiger partial charge in [-0.1, -0.05) is 30.2 Å². The SMILES string of the molecule is C#Cc1cc(C)cc(Oc2ccc(Oc3c(F)c(F)c(-c4c(F)c(F)c(Oc5ccc(C(c6ccc(OC)cc6)(C(F)(F)F)C(F)(F)F)cc5)c(F)c4F)c(F)c3F)c(S(=O)(=O)[O-])c2)c1.[K+]. The van der Waals surface area contributed by atoms with Crippen molar-refractivity contribution in [3.8, 4) is 63.7 Å². The maximum absolute atomic E-state index is 15.5. The molecule has 0 saturated heterocycles. The summed E-state index contributed by atoms with van der Waals surface area (Å²) in [6, 6.07) is 9.71. The smallest absolute Gasteiger partial charge is 0.744 e. The molecule has 23 heteroatoms. The molecule has 0 bridgehead atoms. The van der Waals surface area contributed by atoms with E-state index < -0.39 is 130 Å². The molecule has 0 saturated carbocycles. The summed E-state index contributed by atoms with van der Waals surface area (Å²) >= 11 is 0. The average Bonchev–Trinajstić information content (AvgIpc) is 3.23. The van der Waals surface area contributed by atoms with Crippen molar-refractivity contribution in [2.45, 2.75) is 29.6 Å². The molecular formula is C43H21F14KO7S. The number of halogens is 14. The third-order valence-corrected chi connectivity index (χ3v) is 10.3. The van der Waals surface area contributed by atoms with Crippen molar-refractivity contribution in [2.75, 3.05) is 7.11 Å². The van der Waals surface area contributed by atoms with Gasteiger partial charge in [-0.3, -0.25) is 0 Å². The average molecular weight is 987 g/mol. The Kier molecular flexibility index (Phi) is 14.9. The molecule has 0 spiro atoms. The van der Waals surface area contributed by atoms with Crippen LogP contribution in [-0.4, -0.2) is 32.4 Å². The van der Waals surface area contributed by atoms with Gasteiger partial charge in [0, 0.05) is 11.6 Å². The number of methoxy groups -OCH3 is 1. The molecular weight excluding hydrogens is 966 g/mol. The van der Waals surface area contributed by atoms with E-state index in [1.807, 2.05) is 0 Å². The number of hydrogen-bond acceptors (Lipinski definition) is 7. The quantitative estimate of drug-likeness (QED) is 0.0420. The summed E-state index contributed by atoms with van der Waals surface area (Å²) in [6.07, 6.45) is -6.84. The van der Waals surface area contributed by atoms with Crippen molar-refractivity contribution in [1.29, 1.82) is 0 Å². The summed E-state index contributed by atoms with van der Waals surface area (Å²) in [5, 5.41) is 0. The Bertz CT molecular complexity index is 2940. The fraction of sp³-hybridized carbons (Fsp3) is 0.116. The molecule has 0 radical (unpaired) electrons. The molecule has 0 atom stereocenters. The first kappa shape index (κ1) is 51.6. The van der Waals surface area contributed by atoms with Crippen LogP contribution in [0.4, 0.5) is 61.5 Å². The third-order valence-electron chi connectivity index (χ3n) is 9.43. The van der Waals surface area contributed by atoms with E-state index in [9.17, 15) is 39.3 Å². The standard InChI is InChI=1S/C43H22F14O7S.K/c1-4-20-15-19(2)16-26(17-20)62-25-13-14-27(28(18-25)65(58,59)60)64-40-37(50)33(46)30(34(47)38(40)51)29-31(44)35(48)39(36(49)32(29)45)63-24-11-7-22(8-12-24)41(42(52,53)54,43(55,56)57)21-5-9-23(61-3)10-6-21;/h1,5-18H,2-3H3,(H,58,59,60);/q;+1/p-1. The van der Waals surface area contributed by atoms with Gasteiger partial charge < -0.3 is 23.5 Å². The van der Waals surface area contributed by atoms with Gasteiger partial charge in [-0.15, -0.1) is 6.42 Å². The second-order valence-corrected chi connectivity index (χ2v) is 14.8. The van der Waals surface area contributed by atoms with Crippen LogP contribution in [0.25, 0.3) is 11.1 Å². The van der Waals surface area contributed by atoms with Crippen LogP contribution >= 0.6 is 0 Å². The first-order chi connectivity index (χ1) is 30.3. The van der Waals surface area contributed by atoms with Crippen molar-refractivity contribution in [3.63, 3.8) is 0 Å². The summed E-state index contributed by atoms with van der Waals surface area (Å²) in [4.78, 5) is -1.42. The summed E-state index contributed by atoms with van der Waals surface area (Å²) in [5.74, 6) is -26.8. The summed E-state index contributed by atoms with van der Waals surface area (Å²) in [7, 11) is -4.59. The number of rotatable bonds is 11. The van der Waals surface area contributed by atoms with Crippen molar-refractivity contribution < 1.29 is 145 Å². The predicted octanol–water partition coefficient (Wildman–Crippen LogP) is 9.46. The van der Waals surface area contributed by atoms with Crippen molar-refractivity contribution >= 4 is 10.1 Å². The van der Waals surface area contributed by atoms with Gasteiger partial charge in [-0.25, -0.2) is 26.0 Å². The zero-order valence-corrected chi connectivity index (χ0v) is 37.2. The second kappa shape index (κ2) is 19.1. The monoisotopic (exact) mass is 986 g/mol. The van der Waals surface area contributed by atoms with Gasteiger partial charge in [0.25, 0.3) is 0 Å². The van der Waals surface area contributed by atoms with E-state index >= 15 is 35.1 Å². The molecule has 0 aliphatic rings. The zero-order chi connectivity index (χ0) is 48.1. The Morgan fingerprint density at radius 3 is 1.38 bits per heavy atom. The Labute approximate surface area is 406 Å². The molecule has 0 fully saturated rings. The van der Waals surface area contributed by atoms with Crippen LogP contribution in [0, 0.1) is 65.8 Å². The van der Waals surface area contributed by atoms with E-state index in [-0.39, 0.29) is 75.0 Å². The van der Waals surface area contributed by atoms with Crippen LogP contribution in [0.15, 0.2) is 89.8 Å². The fourth-order valence-corrected chi connectivity index (χ4v) is 7.14. The van der Waals surface area contributed by atoms with Crippen LogP contribution in [0.3, 0.4) is 0 Å². The van der Waals surface area contributed by atoms with E-state index in [0.29, 0.717) is 47.5 Å². The molecule has 0 unspecified atom stereocenters. The molecule has 340 valence electrons. The first-order valence-electron chi connectivity index (χ1n) is 17.6. The van der Waals surface area contributed by atoms with Gasteiger partial charge in [0.1, 0.15) is 43.8 Å². The molecule has 0 aliphatic heterocycles. The van der Waals surface area contributed by atoms with E-state index in [2.05, 4.69) is 5.92 Å². The molecule has 0 heterocycles. The number of aryl methyl sites for hydroxylation is 1. The molecule has 66 heavy (non-hydrogen) atoms. The minimum Gasteiger partial charge on any atom is -0.744 e. The van der Waals surface area contributed by atoms with Crippen LogP contribution in [0.2, 0.25) is 0 Å². The van der Waals surface area contributed by atoms with Gasteiger partial charge >= 0.3 is 63.7 Å². The minimum absolute atomic E-state index is 0. The number of ether oxygens (including phenoxy) is 4. The molecule has 6 rings (SSSR count). The largest absolute Gasteiger partial charge is 1.00 e. The normalized spacial score (nSPS) is 12.0. The van der Waals surface area contributed by atoms with E-state index in [0.717, 1.165) is 25.3 Å². The van der Waals surface area contributed by atoms with Crippen LogP contribution in [0.1, 0.15) is 22.3 Å². The van der Waals surface area contributed by atoms with Gasteiger partial charge in [0.15, 0.2) is 23.3 Å². The Balaban J connectivity index is 0.00000817. The Morgan fingerprint density at radius 1 is 0.545 bits per heavy atom. The summed E-state index contributed by atoms with van der Waals surface area (Å²) in [6.45, 7) is 1.61. The van der Waals surface area contributed by atoms with Crippen molar-refractivity contribution in [2.24, 2.45) is 0 Å². The van der Waals surface area contributed by atoms with E-state index in [4.69, 9.17) is 25.4 Å². The number of benzene rings is 6. The van der Waals surface area contributed by atoms with Crippen molar-refractivity contribution in [1.82, 2.24) is 0 Å². The molecule has 7 nitrogen and oxygen atoms in total. The first-order valence-corrected chi connectivity index (χ1v) is 19.0. The number of terminal acetylenes is 1. The van der Waals surface area contributed by atoms with Crippen LogP contribution in [-0.2, 0) is 15.5 Å². The van der Waals surface area contributed by atoms with E-state index in [1.54, 1.807) is 13.0 Å². The molecule has 0 aromatic heterocycles. The Hall–Kier alpha value is -5.35. The predicted molar refractivity (Wildman–Crippen MR) is 198 cm³/mol. The van der Waals surface area contributed by atoms with Gasteiger partial charge in [-0.2, -0.15) is 43.9 Å². The summed E-state index contributed by atoms with van der Waals surface area (Å²) < 4.78 is 267. The zero-order valence-electron chi connectivity index (χ0n) is 33.2. The van der Waals surface area contributed by atoms with Crippen LogP contribution < -0.4 is 70.3 Å². The second-order valence-electron chi connectivity index (χ2n) is 13.5.